The average molecular weight is 793 g/mol. The van der Waals surface area contributed by atoms with Crippen LogP contribution in [0.25, 0.3) is 21.5 Å². The third kappa shape index (κ3) is 8.45. The van der Waals surface area contributed by atoms with E-state index < -0.39 is 4.92 Å². The molecule has 2 heterocycles. The van der Waals surface area contributed by atoms with E-state index in [0.717, 1.165) is 43.9 Å². The van der Waals surface area contributed by atoms with E-state index in [2.05, 4.69) is 46.4 Å². The Labute approximate surface area is 334 Å². The van der Waals surface area contributed by atoms with Crippen molar-refractivity contribution < 1.29 is 33.4 Å². The minimum absolute atomic E-state index is 0.0259. The van der Waals surface area contributed by atoms with Crippen molar-refractivity contribution in [3.63, 3.8) is 0 Å². The summed E-state index contributed by atoms with van der Waals surface area (Å²) in [4.78, 5) is 42.3. The van der Waals surface area contributed by atoms with Gasteiger partial charge in [-0.1, -0.05) is 25.9 Å². The van der Waals surface area contributed by atoms with Crippen LogP contribution in [0.3, 0.4) is 0 Å². The van der Waals surface area contributed by atoms with E-state index in [0.29, 0.717) is 92.6 Å². The zero-order valence-corrected chi connectivity index (χ0v) is 33.8. The minimum atomic E-state index is -0.490. The number of nitrogens with one attached hydrogen (secondary N) is 1. The normalized spacial score (nSPS) is 32.5. The second-order valence-electron chi connectivity index (χ2n) is 18.0. The van der Waals surface area contributed by atoms with Crippen molar-refractivity contribution in [2.45, 2.75) is 116 Å². The van der Waals surface area contributed by atoms with E-state index in [-0.39, 0.29) is 47.2 Å². The Balaban J connectivity index is 0.875. The lowest BCUT2D eigenvalue weighted by Crippen LogP contribution is -2.56. The zero-order chi connectivity index (χ0) is 40.2. The number of ether oxygens (including phenoxy) is 3. The molecule has 2 aromatic rings. The molecule has 5 aliphatic rings. The van der Waals surface area contributed by atoms with Gasteiger partial charge in [-0.3, -0.25) is 19.7 Å². The summed E-state index contributed by atoms with van der Waals surface area (Å²) < 4.78 is 21.2. The van der Waals surface area contributed by atoms with E-state index in [1.54, 1.807) is 6.07 Å². The SMILES string of the molecule is C[C@H](CCC(=O)OCCOCCOCCN=[N+]=[N-])C1CCC2C3CC[C@@H]4C[C@H](NC(=O)C5CCCN5c5ccc([N+](=O)[O-])c6nonc56)CC[C@]4(C)C3CC[C@@]21C. The fourth-order valence-electron chi connectivity index (χ4n) is 12.5. The first kappa shape index (κ1) is 41.2. The Morgan fingerprint density at radius 1 is 1.02 bits per heavy atom. The fourth-order valence-corrected chi connectivity index (χ4v) is 12.5. The van der Waals surface area contributed by atoms with Gasteiger partial charge >= 0.3 is 11.7 Å². The van der Waals surface area contributed by atoms with E-state index in [1.165, 1.54) is 44.6 Å². The second-order valence-corrected chi connectivity index (χ2v) is 18.0. The maximum absolute atomic E-state index is 13.9. The van der Waals surface area contributed by atoms with Crippen molar-refractivity contribution in [1.82, 2.24) is 15.6 Å². The highest BCUT2D eigenvalue weighted by atomic mass is 16.6. The summed E-state index contributed by atoms with van der Waals surface area (Å²) in [6.45, 7) is 10.2. The maximum atomic E-state index is 13.9. The Kier molecular flexibility index (Phi) is 12.9. The number of nitrogens with zero attached hydrogens (tertiary/aromatic N) is 7. The lowest BCUT2D eigenvalue weighted by Gasteiger charge is -2.61. The van der Waals surface area contributed by atoms with Gasteiger partial charge in [0.1, 0.15) is 12.6 Å². The number of azide groups is 1. The number of nitro benzene ring substituents is 1. The summed E-state index contributed by atoms with van der Waals surface area (Å²) in [6.07, 6.45) is 13.5. The molecule has 312 valence electrons. The molecule has 1 aromatic carbocycles. The summed E-state index contributed by atoms with van der Waals surface area (Å²) in [5.41, 5.74) is 9.79. The Morgan fingerprint density at radius 2 is 1.77 bits per heavy atom. The number of carbonyl (C=O) groups is 2. The number of hydrogen-bond donors (Lipinski definition) is 1. The number of anilines is 1. The molecule has 10 atom stereocenters. The highest BCUT2D eigenvalue weighted by Gasteiger charge is 2.60. The number of non-ortho nitro benzene ring substituents is 1. The van der Waals surface area contributed by atoms with E-state index in [9.17, 15) is 19.7 Å². The van der Waals surface area contributed by atoms with Gasteiger partial charge < -0.3 is 24.4 Å². The number of benzene rings is 1. The molecule has 1 aromatic heterocycles. The van der Waals surface area contributed by atoms with Crippen molar-refractivity contribution in [2.24, 2.45) is 51.5 Å². The van der Waals surface area contributed by atoms with Crippen LogP contribution in [0.15, 0.2) is 21.9 Å². The van der Waals surface area contributed by atoms with E-state index in [4.69, 9.17) is 24.4 Å². The van der Waals surface area contributed by atoms with Crippen molar-refractivity contribution in [3.05, 3.63) is 32.7 Å². The van der Waals surface area contributed by atoms with Crippen LogP contribution in [0.1, 0.15) is 104 Å². The van der Waals surface area contributed by atoms with Crippen LogP contribution in [0.5, 0.6) is 0 Å². The summed E-state index contributed by atoms with van der Waals surface area (Å²) >= 11 is 0. The number of rotatable bonds is 17. The molecule has 16 nitrogen and oxygen atoms in total. The highest BCUT2D eigenvalue weighted by molar-refractivity contribution is 5.96. The first-order valence-corrected chi connectivity index (χ1v) is 21.3. The average Bonchev–Trinajstić information content (AvgIpc) is 3.97. The van der Waals surface area contributed by atoms with Crippen molar-refractivity contribution in [2.75, 3.05) is 51.0 Å². The molecule has 57 heavy (non-hydrogen) atoms. The van der Waals surface area contributed by atoms with Crippen LogP contribution < -0.4 is 10.2 Å². The number of carbonyl (C=O) groups excluding carboxylic acids is 2. The lowest BCUT2D eigenvalue weighted by atomic mass is 9.44. The Hall–Kier alpha value is -4.01. The highest BCUT2D eigenvalue weighted by Crippen LogP contribution is 2.68. The molecule has 1 saturated heterocycles. The summed E-state index contributed by atoms with van der Waals surface area (Å²) in [5.74, 6) is 3.72. The zero-order valence-electron chi connectivity index (χ0n) is 33.8. The number of aromatic nitrogens is 2. The standard InChI is InChI=1S/C41H60N8O8/c1-26(6-13-36(50)56-24-23-55-22-21-54-20-18-43-47-42)30-9-10-31-29-8-7-27-25-28(14-16-40(27,2)32(29)15-17-41(30,31)3)44-39(51)35-5-4-19-48(35)33-11-12-34(49(52)53)38-37(33)45-57-46-38/h11-12,26-32,35H,4-10,13-25H2,1-3H3,(H,44,51)/t26-,27-,28-,29?,30?,31?,32?,35?,40+,41-/m1/s1. The summed E-state index contributed by atoms with van der Waals surface area (Å²) in [6, 6.07) is 2.87. The van der Waals surface area contributed by atoms with Gasteiger partial charge in [-0.2, -0.15) is 0 Å². The van der Waals surface area contributed by atoms with Gasteiger partial charge in [-0.15, -0.1) is 0 Å². The largest absolute Gasteiger partial charge is 0.463 e. The third-order valence-electron chi connectivity index (χ3n) is 15.3. The molecule has 1 amide bonds. The summed E-state index contributed by atoms with van der Waals surface area (Å²) in [7, 11) is 0. The molecule has 5 fully saturated rings. The fraction of sp³-hybridized carbons (Fsp3) is 0.805. The van der Waals surface area contributed by atoms with Crippen molar-refractivity contribution in [1.29, 1.82) is 0 Å². The molecule has 4 aliphatic carbocycles. The molecule has 1 N–H and O–H groups in total. The lowest BCUT2D eigenvalue weighted by molar-refractivity contribution is -0.383. The monoisotopic (exact) mass is 792 g/mol. The molecule has 1 aliphatic heterocycles. The first-order chi connectivity index (χ1) is 27.5. The Morgan fingerprint density at radius 3 is 2.58 bits per heavy atom. The number of esters is 1. The van der Waals surface area contributed by atoms with Gasteiger partial charge in [0.25, 0.3) is 0 Å². The van der Waals surface area contributed by atoms with Crippen LogP contribution in [0, 0.1) is 56.5 Å². The van der Waals surface area contributed by atoms with Gasteiger partial charge in [-0.25, -0.2) is 4.63 Å². The topological polar surface area (TPSA) is 208 Å². The first-order valence-electron chi connectivity index (χ1n) is 21.3. The van der Waals surface area contributed by atoms with Crippen LogP contribution >= 0.6 is 0 Å². The molecule has 5 unspecified atom stereocenters. The van der Waals surface area contributed by atoms with Crippen molar-refractivity contribution >= 4 is 34.3 Å². The van der Waals surface area contributed by atoms with Crippen LogP contribution in [0.4, 0.5) is 11.4 Å². The smallest absolute Gasteiger partial charge is 0.305 e. The number of amides is 1. The van der Waals surface area contributed by atoms with Gasteiger partial charge in [0.05, 0.1) is 37.0 Å². The molecule has 0 bridgehead atoms. The van der Waals surface area contributed by atoms with Crippen LogP contribution in [-0.4, -0.2) is 85.3 Å². The Bertz CT molecular complexity index is 1800. The molecular formula is C41H60N8O8. The molecule has 0 spiro atoms. The number of hydrogen-bond acceptors (Lipinski definition) is 12. The number of nitro groups is 1. The quantitative estimate of drug-likeness (QED) is 0.0315. The molecule has 7 rings (SSSR count). The third-order valence-corrected chi connectivity index (χ3v) is 15.3. The van der Waals surface area contributed by atoms with Crippen LogP contribution in [0.2, 0.25) is 0 Å². The number of fused-ring (bicyclic) bond motifs is 6. The van der Waals surface area contributed by atoms with Crippen molar-refractivity contribution in [3.8, 4) is 0 Å². The van der Waals surface area contributed by atoms with Gasteiger partial charge in [0.15, 0.2) is 5.52 Å². The molecule has 4 saturated carbocycles. The molecule has 0 radical (unpaired) electrons. The van der Waals surface area contributed by atoms with Gasteiger partial charge in [-0.05, 0) is 145 Å². The van der Waals surface area contributed by atoms with E-state index in [1.807, 2.05) is 4.90 Å². The minimum Gasteiger partial charge on any atom is -0.463 e. The predicted molar refractivity (Wildman–Crippen MR) is 211 cm³/mol. The maximum Gasteiger partial charge on any atom is 0.305 e. The second kappa shape index (κ2) is 17.9. The summed E-state index contributed by atoms with van der Waals surface area (Å²) in [5, 5.41) is 26.2. The predicted octanol–water partition coefficient (Wildman–Crippen LogP) is 7.55. The molecule has 16 heteroatoms. The van der Waals surface area contributed by atoms with Gasteiger partial charge in [0, 0.05) is 36.5 Å². The van der Waals surface area contributed by atoms with Crippen LogP contribution in [-0.2, 0) is 23.8 Å². The van der Waals surface area contributed by atoms with E-state index >= 15 is 0 Å². The molecular weight excluding hydrogens is 732 g/mol. The van der Waals surface area contributed by atoms with Gasteiger partial charge in [0.2, 0.25) is 11.4 Å².